The minimum absolute atomic E-state index is 0.300. The number of hydrogen-bond acceptors (Lipinski definition) is 4. The fourth-order valence-electron chi connectivity index (χ4n) is 2.73. The smallest absolute Gasteiger partial charge is 0.246 e. The van der Waals surface area contributed by atoms with Crippen molar-refractivity contribution in [2.45, 2.75) is 13.0 Å². The van der Waals surface area contributed by atoms with E-state index in [0.29, 0.717) is 36.9 Å². The van der Waals surface area contributed by atoms with Crippen LogP contribution < -0.4 is 4.31 Å². The first-order valence-corrected chi connectivity index (χ1v) is 9.70. The van der Waals surface area contributed by atoms with Crippen LogP contribution in [0.2, 0.25) is 5.02 Å². The first-order valence-electron chi connectivity index (χ1n) is 7.47. The van der Waals surface area contributed by atoms with Crippen LogP contribution in [0, 0.1) is 0 Å². The van der Waals surface area contributed by atoms with Gasteiger partial charge in [-0.05, 0) is 25.1 Å². The van der Waals surface area contributed by atoms with E-state index in [4.69, 9.17) is 11.6 Å². The second-order valence-electron chi connectivity index (χ2n) is 5.68. The molecule has 24 heavy (non-hydrogen) atoms. The molecule has 0 N–H and O–H groups in total. The average Bonchev–Trinajstić information content (AvgIpc) is 2.53. The summed E-state index contributed by atoms with van der Waals surface area (Å²) in [5.41, 5.74) is 0.345. The van der Waals surface area contributed by atoms with Crippen molar-refractivity contribution in [3.63, 3.8) is 0 Å². The Labute approximate surface area is 146 Å². The van der Waals surface area contributed by atoms with Gasteiger partial charge < -0.3 is 9.80 Å². The van der Waals surface area contributed by atoms with Gasteiger partial charge in [-0.3, -0.25) is 13.9 Å². The van der Waals surface area contributed by atoms with Crippen LogP contribution in [0.5, 0.6) is 0 Å². The van der Waals surface area contributed by atoms with Crippen LogP contribution in [0.4, 0.5) is 5.69 Å². The first kappa shape index (κ1) is 18.5. The van der Waals surface area contributed by atoms with Crippen molar-refractivity contribution in [2.75, 3.05) is 36.7 Å². The molecule has 0 saturated carbocycles. The lowest BCUT2D eigenvalue weighted by Crippen LogP contribution is -2.55. The highest BCUT2D eigenvalue weighted by Crippen LogP contribution is 2.25. The van der Waals surface area contributed by atoms with E-state index in [9.17, 15) is 18.0 Å². The Morgan fingerprint density at radius 2 is 1.92 bits per heavy atom. The maximum atomic E-state index is 12.7. The third-order valence-corrected chi connectivity index (χ3v) is 5.38. The van der Waals surface area contributed by atoms with Gasteiger partial charge in [-0.15, -0.1) is 0 Å². The lowest BCUT2D eigenvalue weighted by molar-refractivity contribution is -0.135. The molecule has 1 aromatic carbocycles. The Kier molecular flexibility index (Phi) is 5.71. The molecule has 1 fully saturated rings. The van der Waals surface area contributed by atoms with Crippen LogP contribution in [0.25, 0.3) is 0 Å². The normalized spacial score (nSPS) is 16.6. The van der Waals surface area contributed by atoms with E-state index in [1.165, 1.54) is 6.07 Å². The number of sulfonamides is 1. The summed E-state index contributed by atoms with van der Waals surface area (Å²) in [4.78, 5) is 26.6. The number of nitrogens with zero attached hydrogens (tertiary/aromatic N) is 3. The molecular weight excluding hydrogens is 354 g/mol. The third kappa shape index (κ3) is 4.18. The van der Waals surface area contributed by atoms with Gasteiger partial charge in [0, 0.05) is 31.2 Å². The molecule has 2 rings (SSSR count). The van der Waals surface area contributed by atoms with E-state index < -0.39 is 16.1 Å². The van der Waals surface area contributed by atoms with Crippen LogP contribution in [0.3, 0.4) is 0 Å². The molecule has 1 aliphatic heterocycles. The van der Waals surface area contributed by atoms with E-state index >= 15 is 0 Å². The van der Waals surface area contributed by atoms with Crippen LogP contribution in [0.1, 0.15) is 6.92 Å². The Morgan fingerprint density at radius 1 is 1.29 bits per heavy atom. The van der Waals surface area contributed by atoms with Crippen molar-refractivity contribution >= 4 is 39.6 Å². The van der Waals surface area contributed by atoms with Crippen molar-refractivity contribution < 1.29 is 18.0 Å². The van der Waals surface area contributed by atoms with Crippen LogP contribution in [-0.4, -0.2) is 69.0 Å². The highest BCUT2D eigenvalue weighted by molar-refractivity contribution is 7.92. The molecule has 132 valence electrons. The van der Waals surface area contributed by atoms with Crippen molar-refractivity contribution in [1.29, 1.82) is 0 Å². The first-order chi connectivity index (χ1) is 11.2. The lowest BCUT2D eigenvalue weighted by Gasteiger charge is -2.36. The lowest BCUT2D eigenvalue weighted by atomic mass is 10.2. The summed E-state index contributed by atoms with van der Waals surface area (Å²) < 4.78 is 25.5. The summed E-state index contributed by atoms with van der Waals surface area (Å²) in [5, 5.41) is 0.389. The Hall–Kier alpha value is -1.80. The molecule has 7 nitrogen and oxygen atoms in total. The summed E-state index contributed by atoms with van der Waals surface area (Å²) >= 11 is 5.95. The van der Waals surface area contributed by atoms with Gasteiger partial charge in [0.1, 0.15) is 6.04 Å². The van der Waals surface area contributed by atoms with Gasteiger partial charge in [-0.2, -0.15) is 0 Å². The van der Waals surface area contributed by atoms with Gasteiger partial charge in [-0.1, -0.05) is 17.7 Å². The molecule has 0 unspecified atom stereocenters. The predicted octanol–water partition coefficient (Wildman–Crippen LogP) is 0.795. The highest BCUT2D eigenvalue weighted by atomic mass is 35.5. The minimum Gasteiger partial charge on any atom is -0.342 e. The minimum atomic E-state index is -3.67. The molecule has 0 bridgehead atoms. The highest BCUT2D eigenvalue weighted by Gasteiger charge is 2.33. The molecule has 0 aliphatic carbocycles. The fraction of sp³-hybridized carbons (Fsp3) is 0.467. The van der Waals surface area contributed by atoms with Crippen LogP contribution >= 0.6 is 11.6 Å². The van der Waals surface area contributed by atoms with Gasteiger partial charge >= 0.3 is 0 Å². The quantitative estimate of drug-likeness (QED) is 0.715. The largest absolute Gasteiger partial charge is 0.342 e. The summed E-state index contributed by atoms with van der Waals surface area (Å²) in [6.07, 6.45) is 1.81. The van der Waals surface area contributed by atoms with E-state index in [2.05, 4.69) is 0 Å². The van der Waals surface area contributed by atoms with Crippen molar-refractivity contribution in [3.8, 4) is 0 Å². The summed E-state index contributed by atoms with van der Waals surface area (Å²) in [5.74, 6) is -0.300. The number of anilines is 1. The zero-order valence-corrected chi connectivity index (χ0v) is 15.1. The molecule has 0 radical (unpaired) electrons. The number of benzene rings is 1. The SMILES string of the molecule is C[C@H](C(=O)N1CCN(C=O)CC1)N(c1cccc(Cl)c1)S(C)(=O)=O. The molecule has 1 atom stereocenters. The van der Waals surface area contributed by atoms with Gasteiger partial charge in [0.05, 0.1) is 11.9 Å². The Bertz CT molecular complexity index is 717. The van der Waals surface area contributed by atoms with Crippen molar-refractivity contribution in [1.82, 2.24) is 9.80 Å². The molecule has 2 amide bonds. The number of hydrogen-bond donors (Lipinski definition) is 0. The Morgan fingerprint density at radius 3 is 2.42 bits per heavy atom. The molecular formula is C15H20ClN3O4S. The molecule has 1 aromatic rings. The van der Waals surface area contributed by atoms with Gasteiger partial charge in [0.15, 0.2) is 0 Å². The molecule has 1 heterocycles. The molecule has 1 aliphatic rings. The monoisotopic (exact) mass is 373 g/mol. The van der Waals surface area contributed by atoms with Gasteiger partial charge in [-0.25, -0.2) is 8.42 Å². The van der Waals surface area contributed by atoms with Crippen molar-refractivity contribution in [2.24, 2.45) is 0 Å². The van der Waals surface area contributed by atoms with E-state index in [0.717, 1.165) is 17.0 Å². The molecule has 9 heteroatoms. The molecule has 0 aromatic heterocycles. The maximum absolute atomic E-state index is 12.7. The maximum Gasteiger partial charge on any atom is 0.246 e. The van der Waals surface area contributed by atoms with Gasteiger partial charge in [0.2, 0.25) is 22.3 Å². The zero-order valence-electron chi connectivity index (χ0n) is 13.6. The number of amides is 2. The number of rotatable bonds is 5. The second kappa shape index (κ2) is 7.40. The van der Waals surface area contributed by atoms with E-state index in [-0.39, 0.29) is 5.91 Å². The van der Waals surface area contributed by atoms with Crippen molar-refractivity contribution in [3.05, 3.63) is 29.3 Å². The number of halogens is 1. The number of carbonyl (C=O) groups is 2. The summed E-state index contributed by atoms with van der Waals surface area (Å²) in [7, 11) is -3.67. The van der Waals surface area contributed by atoms with E-state index in [1.807, 2.05) is 0 Å². The fourth-order valence-corrected chi connectivity index (χ4v) is 4.07. The Balaban J connectivity index is 2.24. The zero-order chi connectivity index (χ0) is 17.9. The summed E-state index contributed by atoms with van der Waals surface area (Å²) in [6, 6.07) is 5.48. The number of carbonyl (C=O) groups excluding carboxylic acids is 2. The van der Waals surface area contributed by atoms with Gasteiger partial charge in [0.25, 0.3) is 0 Å². The topological polar surface area (TPSA) is 78.0 Å². The predicted molar refractivity (Wildman–Crippen MR) is 92.5 cm³/mol. The molecule has 0 spiro atoms. The summed E-state index contributed by atoms with van der Waals surface area (Å²) in [6.45, 7) is 3.20. The standard InChI is InChI=1S/C15H20ClN3O4S/c1-12(15(21)18-8-6-17(11-20)7-9-18)19(24(2,22)23)14-5-3-4-13(16)10-14/h3-5,10-12H,6-9H2,1-2H3/t12-/m1/s1. The van der Waals surface area contributed by atoms with Crippen LogP contribution in [0.15, 0.2) is 24.3 Å². The third-order valence-electron chi connectivity index (χ3n) is 3.90. The average molecular weight is 374 g/mol. The van der Waals surface area contributed by atoms with Crippen LogP contribution in [-0.2, 0) is 19.6 Å². The number of piperazine rings is 1. The van der Waals surface area contributed by atoms with E-state index in [1.54, 1.807) is 34.9 Å². The molecule has 1 saturated heterocycles. The second-order valence-corrected chi connectivity index (χ2v) is 7.98.